The first-order valence-electron chi connectivity index (χ1n) is 12.2. The Bertz CT molecular complexity index is 1360. The first-order valence-corrected chi connectivity index (χ1v) is 13.1. The summed E-state index contributed by atoms with van der Waals surface area (Å²) in [6.45, 7) is 1.20. The third kappa shape index (κ3) is 5.97. The molecule has 0 saturated heterocycles. The maximum atomic E-state index is 15.6. The number of nitrogens with one attached hydrogen (secondary N) is 1. The van der Waals surface area contributed by atoms with Crippen molar-refractivity contribution in [2.75, 3.05) is 12.4 Å². The van der Waals surface area contributed by atoms with E-state index in [2.05, 4.69) is 10.3 Å². The van der Waals surface area contributed by atoms with Crippen molar-refractivity contribution in [1.82, 2.24) is 4.98 Å². The second kappa shape index (κ2) is 11.9. The molecule has 1 fully saturated rings. The Morgan fingerprint density at radius 3 is 2.47 bits per heavy atom. The van der Waals surface area contributed by atoms with Crippen molar-refractivity contribution in [1.29, 1.82) is 0 Å². The number of aliphatic carboxylic acids is 1. The number of methoxy groups -OCH3 is 1. The molecule has 0 radical (unpaired) electrons. The summed E-state index contributed by atoms with van der Waals surface area (Å²) < 4.78 is 50.2. The van der Waals surface area contributed by atoms with Crippen LogP contribution in [0.4, 0.5) is 18.3 Å². The molecule has 3 aromatic rings. The molecular formula is C28H27F3N2O4S. The van der Waals surface area contributed by atoms with Crippen LogP contribution >= 0.6 is 11.3 Å². The van der Waals surface area contributed by atoms with Crippen LogP contribution in [0.2, 0.25) is 0 Å². The summed E-state index contributed by atoms with van der Waals surface area (Å²) in [4.78, 5) is 27.9. The van der Waals surface area contributed by atoms with Gasteiger partial charge >= 0.3 is 5.97 Å². The number of anilines is 1. The highest BCUT2D eigenvalue weighted by atomic mass is 32.1. The van der Waals surface area contributed by atoms with Crippen molar-refractivity contribution in [2.45, 2.75) is 45.1 Å². The smallest absolute Gasteiger partial charge is 0.331 e. The molecule has 1 aliphatic carbocycles. The number of carbonyl (C=O) groups excluding carboxylic acids is 1. The Morgan fingerprint density at radius 1 is 1.16 bits per heavy atom. The zero-order valence-corrected chi connectivity index (χ0v) is 21.7. The number of hydrogen-bond acceptors (Lipinski definition) is 5. The number of benzene rings is 2. The van der Waals surface area contributed by atoms with Crippen LogP contribution in [-0.2, 0) is 9.53 Å². The van der Waals surface area contributed by atoms with Gasteiger partial charge in [-0.05, 0) is 50.0 Å². The monoisotopic (exact) mass is 544 g/mol. The lowest BCUT2D eigenvalue weighted by molar-refractivity contribution is -0.132. The fourth-order valence-electron chi connectivity index (χ4n) is 4.73. The summed E-state index contributed by atoms with van der Waals surface area (Å²) in [5.74, 6) is -4.50. The molecule has 1 amide bonds. The SMILES string of the molecule is COC(c1cccc(-c2csc(NC(=O)c3cc(F)c(/C=C(\C)C(=O)O)c(F)c3)n2)c1F)C1CCCCC1. The van der Waals surface area contributed by atoms with Crippen LogP contribution in [0.3, 0.4) is 0 Å². The van der Waals surface area contributed by atoms with Gasteiger partial charge in [0.05, 0.1) is 11.8 Å². The molecule has 38 heavy (non-hydrogen) atoms. The van der Waals surface area contributed by atoms with E-state index in [1.54, 1.807) is 30.7 Å². The van der Waals surface area contributed by atoms with E-state index < -0.39 is 34.9 Å². The van der Waals surface area contributed by atoms with Crippen LogP contribution < -0.4 is 5.32 Å². The molecule has 200 valence electrons. The molecule has 0 bridgehead atoms. The van der Waals surface area contributed by atoms with Gasteiger partial charge in [-0.25, -0.2) is 22.9 Å². The van der Waals surface area contributed by atoms with Crippen LogP contribution in [0.25, 0.3) is 17.3 Å². The standard InChI is InChI=1S/C28H27F3N2O4S/c1-15(27(35)36)11-20-21(29)12-17(13-22(20)30)26(34)33-28-32-23(14-38-28)18-9-6-10-19(24(18)31)25(37-2)16-7-4-3-5-8-16/h6,9-14,16,25H,3-5,7-8H2,1-2H3,(H,35,36)(H,32,33,34)/b15-11+. The Hall–Kier alpha value is -3.50. The summed E-state index contributed by atoms with van der Waals surface area (Å²) in [7, 11) is 1.59. The molecule has 1 aliphatic rings. The number of aromatic nitrogens is 1. The highest BCUT2D eigenvalue weighted by Gasteiger charge is 2.28. The molecule has 1 heterocycles. The molecule has 2 aromatic carbocycles. The Labute approximate surface area is 222 Å². The lowest BCUT2D eigenvalue weighted by atomic mass is 9.82. The molecule has 1 aromatic heterocycles. The van der Waals surface area contributed by atoms with E-state index in [4.69, 9.17) is 9.84 Å². The minimum atomic E-state index is -1.32. The molecule has 0 spiro atoms. The van der Waals surface area contributed by atoms with Crippen molar-refractivity contribution in [3.63, 3.8) is 0 Å². The van der Waals surface area contributed by atoms with E-state index in [0.717, 1.165) is 55.2 Å². The lowest BCUT2D eigenvalue weighted by Gasteiger charge is -2.30. The van der Waals surface area contributed by atoms with Crippen molar-refractivity contribution in [3.05, 3.63) is 75.4 Å². The number of rotatable bonds is 8. The van der Waals surface area contributed by atoms with E-state index >= 15 is 4.39 Å². The van der Waals surface area contributed by atoms with Crippen LogP contribution in [-0.4, -0.2) is 29.1 Å². The minimum Gasteiger partial charge on any atom is -0.478 e. The van der Waals surface area contributed by atoms with E-state index in [1.165, 1.54) is 13.3 Å². The van der Waals surface area contributed by atoms with Gasteiger partial charge in [0, 0.05) is 40.3 Å². The van der Waals surface area contributed by atoms with E-state index in [0.29, 0.717) is 11.3 Å². The van der Waals surface area contributed by atoms with E-state index in [1.807, 2.05) is 0 Å². The molecule has 4 rings (SSSR count). The minimum absolute atomic E-state index is 0.122. The highest BCUT2D eigenvalue weighted by molar-refractivity contribution is 7.14. The van der Waals surface area contributed by atoms with Gasteiger partial charge in [-0.2, -0.15) is 0 Å². The van der Waals surface area contributed by atoms with Crippen LogP contribution in [0, 0.1) is 23.4 Å². The summed E-state index contributed by atoms with van der Waals surface area (Å²) in [5.41, 5.74) is -0.0958. The maximum Gasteiger partial charge on any atom is 0.331 e. The number of thiazole rings is 1. The van der Waals surface area contributed by atoms with Gasteiger partial charge in [0.15, 0.2) is 5.13 Å². The summed E-state index contributed by atoms with van der Waals surface area (Å²) >= 11 is 1.04. The molecule has 6 nitrogen and oxygen atoms in total. The average molecular weight is 545 g/mol. The van der Waals surface area contributed by atoms with Gasteiger partial charge in [0.25, 0.3) is 5.91 Å². The van der Waals surface area contributed by atoms with E-state index in [9.17, 15) is 18.4 Å². The predicted octanol–water partition coefficient (Wildman–Crippen LogP) is 7.24. The van der Waals surface area contributed by atoms with Gasteiger partial charge in [0.1, 0.15) is 17.5 Å². The fraction of sp³-hybridized carbons (Fsp3) is 0.321. The molecule has 1 unspecified atom stereocenters. The van der Waals surface area contributed by atoms with Crippen molar-refractivity contribution in [3.8, 4) is 11.3 Å². The number of carboxylic acids is 1. The molecule has 1 saturated carbocycles. The Kier molecular flexibility index (Phi) is 8.63. The second-order valence-corrected chi connectivity index (χ2v) is 10.1. The number of amides is 1. The topological polar surface area (TPSA) is 88.5 Å². The van der Waals surface area contributed by atoms with Crippen LogP contribution in [0.5, 0.6) is 0 Å². The van der Waals surface area contributed by atoms with Crippen molar-refractivity contribution in [2.24, 2.45) is 5.92 Å². The van der Waals surface area contributed by atoms with Gasteiger partial charge < -0.3 is 9.84 Å². The number of carboxylic acid groups (broad SMARTS) is 1. The molecule has 1 atom stereocenters. The highest BCUT2D eigenvalue weighted by Crippen LogP contribution is 2.39. The molecule has 2 N–H and O–H groups in total. The first kappa shape index (κ1) is 27.5. The number of nitrogens with zero attached hydrogens (tertiary/aromatic N) is 1. The summed E-state index contributed by atoms with van der Waals surface area (Å²) in [5, 5.41) is 13.1. The number of ether oxygens (including phenoxy) is 1. The quantitative estimate of drug-likeness (QED) is 0.292. The van der Waals surface area contributed by atoms with Crippen molar-refractivity contribution >= 4 is 34.4 Å². The van der Waals surface area contributed by atoms with Crippen LogP contribution in [0.1, 0.15) is 66.6 Å². The zero-order valence-electron chi connectivity index (χ0n) is 20.9. The predicted molar refractivity (Wildman–Crippen MR) is 139 cm³/mol. The van der Waals surface area contributed by atoms with Crippen LogP contribution in [0.15, 0.2) is 41.3 Å². The normalized spacial score (nSPS) is 15.3. The first-order chi connectivity index (χ1) is 18.2. The van der Waals surface area contributed by atoms with Gasteiger partial charge in [0.2, 0.25) is 0 Å². The molecule has 10 heteroatoms. The second-order valence-electron chi connectivity index (χ2n) is 9.24. The lowest BCUT2D eigenvalue weighted by Crippen LogP contribution is -2.19. The Balaban J connectivity index is 1.54. The molecule has 0 aliphatic heterocycles. The number of carbonyl (C=O) groups is 2. The molecular weight excluding hydrogens is 517 g/mol. The Morgan fingerprint density at radius 2 is 1.84 bits per heavy atom. The summed E-state index contributed by atoms with van der Waals surface area (Å²) in [6, 6.07) is 6.69. The van der Waals surface area contributed by atoms with E-state index in [-0.39, 0.29) is 33.9 Å². The van der Waals surface area contributed by atoms with Gasteiger partial charge in [-0.1, -0.05) is 31.4 Å². The van der Waals surface area contributed by atoms with Gasteiger partial charge in [-0.15, -0.1) is 11.3 Å². The average Bonchev–Trinajstić information content (AvgIpc) is 3.36. The van der Waals surface area contributed by atoms with Gasteiger partial charge in [-0.3, -0.25) is 10.1 Å². The zero-order chi connectivity index (χ0) is 27.4. The number of hydrogen-bond donors (Lipinski definition) is 2. The largest absolute Gasteiger partial charge is 0.478 e. The third-order valence-corrected chi connectivity index (χ3v) is 7.46. The number of halogens is 3. The fourth-order valence-corrected chi connectivity index (χ4v) is 5.44. The van der Waals surface area contributed by atoms with Crippen molar-refractivity contribution < 1.29 is 32.6 Å². The third-order valence-electron chi connectivity index (χ3n) is 6.71. The maximum absolute atomic E-state index is 15.6. The summed E-state index contributed by atoms with van der Waals surface area (Å²) in [6.07, 6.45) is 5.81.